The van der Waals surface area contributed by atoms with Crippen LogP contribution in [0.15, 0.2) is 36.7 Å². The fraction of sp³-hybridized carbons (Fsp3) is 0.400. The summed E-state index contributed by atoms with van der Waals surface area (Å²) in [6.45, 7) is 3.11. The summed E-state index contributed by atoms with van der Waals surface area (Å²) < 4.78 is 7.62. The van der Waals surface area contributed by atoms with Crippen LogP contribution in [-0.4, -0.2) is 41.4 Å². The van der Waals surface area contributed by atoms with E-state index in [4.69, 9.17) is 10.5 Å². The molecule has 2 N–H and O–H groups in total. The van der Waals surface area contributed by atoms with Gasteiger partial charge in [-0.2, -0.15) is 5.10 Å². The maximum absolute atomic E-state index is 5.88. The second-order valence-corrected chi connectivity index (χ2v) is 5.23. The van der Waals surface area contributed by atoms with Gasteiger partial charge in [0.15, 0.2) is 0 Å². The monoisotopic (exact) mass is 274 g/mol. The van der Waals surface area contributed by atoms with Gasteiger partial charge in [-0.15, -0.1) is 0 Å². The van der Waals surface area contributed by atoms with Gasteiger partial charge in [-0.1, -0.05) is 0 Å². The molecule has 2 rings (SSSR count). The molecule has 5 heteroatoms. The first kappa shape index (κ1) is 14.4. The number of hydrogen-bond acceptors (Lipinski definition) is 4. The van der Waals surface area contributed by atoms with Crippen LogP contribution in [0.4, 0.5) is 5.69 Å². The lowest BCUT2D eigenvalue weighted by Gasteiger charge is -2.17. The van der Waals surface area contributed by atoms with E-state index in [0.29, 0.717) is 5.69 Å². The van der Waals surface area contributed by atoms with Crippen LogP contribution in [0.1, 0.15) is 13.3 Å². The summed E-state index contributed by atoms with van der Waals surface area (Å²) in [5.41, 5.74) is 7.28. The van der Waals surface area contributed by atoms with E-state index in [9.17, 15) is 0 Å². The zero-order valence-electron chi connectivity index (χ0n) is 12.3. The molecular formula is C15H22N4O. The van der Waals surface area contributed by atoms with Crippen LogP contribution in [0.25, 0.3) is 5.69 Å². The molecule has 0 saturated heterocycles. The zero-order valence-corrected chi connectivity index (χ0v) is 12.3. The maximum atomic E-state index is 5.88. The first-order chi connectivity index (χ1) is 9.54. The average Bonchev–Trinajstić information content (AvgIpc) is 2.84. The average molecular weight is 274 g/mol. The summed E-state index contributed by atoms with van der Waals surface area (Å²) in [5.74, 6) is 0.875. The molecular weight excluding hydrogens is 252 g/mol. The van der Waals surface area contributed by atoms with E-state index in [2.05, 4.69) is 31.0 Å². The van der Waals surface area contributed by atoms with Crippen molar-refractivity contribution in [1.82, 2.24) is 14.7 Å². The largest absolute Gasteiger partial charge is 0.491 e. The molecule has 0 spiro atoms. The highest BCUT2D eigenvalue weighted by molar-refractivity contribution is 5.40. The number of rotatable bonds is 6. The maximum Gasteiger partial charge on any atom is 0.119 e. The quantitative estimate of drug-likeness (QED) is 0.877. The molecule has 1 atom stereocenters. The van der Waals surface area contributed by atoms with Crippen molar-refractivity contribution >= 4 is 5.69 Å². The summed E-state index contributed by atoms with van der Waals surface area (Å²) in [5, 5.41) is 4.17. The molecule has 1 aromatic heterocycles. The van der Waals surface area contributed by atoms with Gasteiger partial charge in [-0.25, -0.2) is 4.68 Å². The minimum atomic E-state index is 0.198. The highest BCUT2D eigenvalue weighted by atomic mass is 16.5. The summed E-state index contributed by atoms with van der Waals surface area (Å²) in [6, 6.07) is 7.86. The number of ether oxygens (including phenoxy) is 1. The van der Waals surface area contributed by atoms with Gasteiger partial charge in [0.2, 0.25) is 0 Å². The lowest BCUT2D eigenvalue weighted by Crippen LogP contribution is -2.21. The highest BCUT2D eigenvalue weighted by Gasteiger charge is 2.05. The fourth-order valence-electron chi connectivity index (χ4n) is 1.89. The van der Waals surface area contributed by atoms with Gasteiger partial charge >= 0.3 is 0 Å². The molecule has 0 fully saturated rings. The van der Waals surface area contributed by atoms with E-state index < -0.39 is 0 Å². The molecule has 20 heavy (non-hydrogen) atoms. The summed E-state index contributed by atoms with van der Waals surface area (Å²) in [7, 11) is 4.13. The van der Waals surface area contributed by atoms with Crippen LogP contribution in [0.3, 0.4) is 0 Å². The van der Waals surface area contributed by atoms with E-state index in [1.54, 1.807) is 17.1 Å². The van der Waals surface area contributed by atoms with Gasteiger partial charge in [0.05, 0.1) is 29.9 Å². The van der Waals surface area contributed by atoms with Crippen LogP contribution in [0.5, 0.6) is 5.75 Å². The Balaban J connectivity index is 1.94. The fourth-order valence-corrected chi connectivity index (χ4v) is 1.89. The SMILES string of the molecule is CC(CCN(C)C)Oc1ccc(-n2cc(N)cn2)cc1. The Kier molecular flexibility index (Phi) is 4.63. The Morgan fingerprint density at radius 1 is 1.30 bits per heavy atom. The number of hydrogen-bond donors (Lipinski definition) is 1. The van der Waals surface area contributed by atoms with E-state index in [1.165, 1.54) is 0 Å². The predicted octanol–water partition coefficient (Wildman–Crippen LogP) is 2.17. The molecule has 0 aliphatic rings. The minimum Gasteiger partial charge on any atom is -0.491 e. The number of nitrogens with zero attached hydrogens (tertiary/aromatic N) is 3. The number of nitrogen functional groups attached to an aromatic ring is 1. The van der Waals surface area contributed by atoms with Crippen molar-refractivity contribution in [2.24, 2.45) is 0 Å². The first-order valence-electron chi connectivity index (χ1n) is 6.76. The predicted molar refractivity (Wildman–Crippen MR) is 81.2 cm³/mol. The number of anilines is 1. The summed E-state index contributed by atoms with van der Waals surface area (Å²) in [4.78, 5) is 2.16. The molecule has 0 aliphatic carbocycles. The van der Waals surface area contributed by atoms with Crippen LogP contribution in [-0.2, 0) is 0 Å². The van der Waals surface area contributed by atoms with Crippen molar-refractivity contribution < 1.29 is 4.74 Å². The molecule has 1 heterocycles. The van der Waals surface area contributed by atoms with Crippen LogP contribution >= 0.6 is 0 Å². The first-order valence-corrected chi connectivity index (χ1v) is 6.76. The Hall–Kier alpha value is -2.01. The third kappa shape index (κ3) is 3.99. The van der Waals surface area contributed by atoms with Crippen LogP contribution in [0, 0.1) is 0 Å². The third-order valence-corrected chi connectivity index (χ3v) is 3.02. The number of benzene rings is 1. The Morgan fingerprint density at radius 2 is 2.00 bits per heavy atom. The molecule has 0 saturated carbocycles. The Labute approximate surface area is 119 Å². The molecule has 0 bridgehead atoms. The van der Waals surface area contributed by atoms with Gasteiger partial charge in [0.25, 0.3) is 0 Å². The van der Waals surface area contributed by atoms with Gasteiger partial charge in [-0.05, 0) is 51.7 Å². The van der Waals surface area contributed by atoms with E-state index >= 15 is 0 Å². The van der Waals surface area contributed by atoms with Crippen LogP contribution in [0.2, 0.25) is 0 Å². The number of nitrogens with two attached hydrogens (primary N) is 1. The van der Waals surface area contributed by atoms with Crippen molar-refractivity contribution in [2.75, 3.05) is 26.4 Å². The van der Waals surface area contributed by atoms with E-state index in [-0.39, 0.29) is 6.10 Å². The highest BCUT2D eigenvalue weighted by Crippen LogP contribution is 2.17. The summed E-state index contributed by atoms with van der Waals surface area (Å²) in [6.07, 6.45) is 4.62. The Morgan fingerprint density at radius 3 is 2.55 bits per heavy atom. The Bertz CT molecular complexity index is 533. The zero-order chi connectivity index (χ0) is 14.5. The standard InChI is InChI=1S/C15H22N4O/c1-12(8-9-18(2)3)20-15-6-4-14(5-7-15)19-11-13(16)10-17-19/h4-7,10-12H,8-9,16H2,1-3H3. The van der Waals surface area contributed by atoms with E-state index in [0.717, 1.165) is 24.4 Å². The second-order valence-electron chi connectivity index (χ2n) is 5.23. The molecule has 1 unspecified atom stereocenters. The van der Waals surface area contributed by atoms with Crippen molar-refractivity contribution in [3.8, 4) is 11.4 Å². The molecule has 0 amide bonds. The summed E-state index contributed by atoms with van der Waals surface area (Å²) >= 11 is 0. The second kappa shape index (κ2) is 6.43. The molecule has 108 valence electrons. The van der Waals surface area contributed by atoms with Crippen molar-refractivity contribution in [2.45, 2.75) is 19.4 Å². The van der Waals surface area contributed by atoms with Crippen molar-refractivity contribution in [3.05, 3.63) is 36.7 Å². The molecule has 1 aromatic carbocycles. The number of aromatic nitrogens is 2. The molecule has 0 radical (unpaired) electrons. The van der Waals surface area contributed by atoms with Gasteiger partial charge < -0.3 is 15.4 Å². The van der Waals surface area contributed by atoms with Crippen LogP contribution < -0.4 is 10.5 Å². The topological polar surface area (TPSA) is 56.3 Å². The van der Waals surface area contributed by atoms with Crippen molar-refractivity contribution in [3.63, 3.8) is 0 Å². The lowest BCUT2D eigenvalue weighted by atomic mass is 10.2. The van der Waals surface area contributed by atoms with Gasteiger partial charge in [0, 0.05) is 6.54 Å². The van der Waals surface area contributed by atoms with E-state index in [1.807, 2.05) is 24.3 Å². The van der Waals surface area contributed by atoms with Gasteiger partial charge in [-0.3, -0.25) is 0 Å². The minimum absolute atomic E-state index is 0.198. The third-order valence-electron chi connectivity index (χ3n) is 3.02. The van der Waals surface area contributed by atoms with Crippen molar-refractivity contribution in [1.29, 1.82) is 0 Å². The normalized spacial score (nSPS) is 12.6. The molecule has 2 aromatic rings. The molecule has 5 nitrogen and oxygen atoms in total. The smallest absolute Gasteiger partial charge is 0.119 e. The lowest BCUT2D eigenvalue weighted by molar-refractivity contribution is 0.194. The molecule has 0 aliphatic heterocycles. The van der Waals surface area contributed by atoms with Gasteiger partial charge in [0.1, 0.15) is 5.75 Å².